The van der Waals surface area contributed by atoms with E-state index in [-0.39, 0.29) is 11.5 Å². The number of anilines is 1. The van der Waals surface area contributed by atoms with Gasteiger partial charge in [0.2, 0.25) is 0 Å². The average Bonchev–Trinajstić information content (AvgIpc) is 2.93. The first-order valence-electron chi connectivity index (χ1n) is 6.36. The molecule has 0 saturated heterocycles. The van der Waals surface area contributed by atoms with E-state index in [1.54, 1.807) is 30.3 Å². The van der Waals surface area contributed by atoms with E-state index in [1.165, 1.54) is 23.5 Å². The molecule has 0 saturated carbocycles. The fraction of sp³-hybridized carbons (Fsp3) is 0.0625. The van der Waals surface area contributed by atoms with Gasteiger partial charge in [-0.1, -0.05) is 18.2 Å². The number of nitrogen functional groups attached to an aromatic ring is 1. The van der Waals surface area contributed by atoms with Crippen LogP contribution in [-0.4, -0.2) is 4.98 Å². The maximum Gasteiger partial charge on any atom is 0.146 e. The molecular weight excluding hydrogens is 290 g/mol. The number of hydrogen-bond donors (Lipinski definition) is 1. The van der Waals surface area contributed by atoms with Gasteiger partial charge in [0.25, 0.3) is 0 Å². The number of rotatable bonds is 3. The van der Waals surface area contributed by atoms with Crippen LogP contribution in [0.5, 0.6) is 0 Å². The molecule has 1 heterocycles. The Morgan fingerprint density at radius 3 is 2.62 bits per heavy atom. The SMILES string of the molecule is Nc1cc(-c2csc(Cc3ccccc3F)n2)ccc1F. The van der Waals surface area contributed by atoms with Crippen molar-refractivity contribution in [3.63, 3.8) is 0 Å². The Morgan fingerprint density at radius 2 is 1.86 bits per heavy atom. The second-order valence-corrected chi connectivity index (χ2v) is 5.57. The maximum absolute atomic E-state index is 13.6. The van der Waals surface area contributed by atoms with E-state index >= 15 is 0 Å². The lowest BCUT2D eigenvalue weighted by molar-refractivity contribution is 0.614. The number of nitrogens with two attached hydrogens (primary N) is 1. The topological polar surface area (TPSA) is 38.9 Å². The fourth-order valence-electron chi connectivity index (χ4n) is 2.03. The molecule has 0 atom stereocenters. The zero-order valence-corrected chi connectivity index (χ0v) is 11.8. The molecule has 21 heavy (non-hydrogen) atoms. The lowest BCUT2D eigenvalue weighted by atomic mass is 10.1. The highest BCUT2D eigenvalue weighted by Crippen LogP contribution is 2.26. The smallest absolute Gasteiger partial charge is 0.146 e. The molecule has 5 heteroatoms. The summed E-state index contributed by atoms with van der Waals surface area (Å²) in [5.41, 5.74) is 7.74. The van der Waals surface area contributed by atoms with Gasteiger partial charge in [-0.25, -0.2) is 13.8 Å². The zero-order chi connectivity index (χ0) is 14.8. The number of hydrogen-bond acceptors (Lipinski definition) is 3. The van der Waals surface area contributed by atoms with Crippen LogP contribution in [0.1, 0.15) is 10.6 Å². The molecule has 0 aliphatic rings. The number of thiazole rings is 1. The van der Waals surface area contributed by atoms with Gasteiger partial charge < -0.3 is 5.73 Å². The summed E-state index contributed by atoms with van der Waals surface area (Å²) in [7, 11) is 0. The molecule has 0 radical (unpaired) electrons. The van der Waals surface area contributed by atoms with Crippen LogP contribution in [0, 0.1) is 11.6 Å². The van der Waals surface area contributed by atoms with Crippen molar-refractivity contribution in [1.29, 1.82) is 0 Å². The van der Waals surface area contributed by atoms with Crippen molar-refractivity contribution >= 4 is 17.0 Å². The van der Waals surface area contributed by atoms with Gasteiger partial charge in [-0.05, 0) is 29.8 Å². The lowest BCUT2D eigenvalue weighted by Gasteiger charge is -2.01. The van der Waals surface area contributed by atoms with Gasteiger partial charge in [-0.15, -0.1) is 11.3 Å². The van der Waals surface area contributed by atoms with E-state index < -0.39 is 5.82 Å². The van der Waals surface area contributed by atoms with Crippen molar-refractivity contribution in [2.75, 3.05) is 5.73 Å². The van der Waals surface area contributed by atoms with Crippen LogP contribution in [-0.2, 0) is 6.42 Å². The van der Waals surface area contributed by atoms with Crippen LogP contribution in [0.4, 0.5) is 14.5 Å². The average molecular weight is 302 g/mol. The van der Waals surface area contributed by atoms with E-state index in [0.29, 0.717) is 12.0 Å². The van der Waals surface area contributed by atoms with Crippen LogP contribution in [0.25, 0.3) is 11.3 Å². The standard InChI is InChI=1S/C16H12F2N2S/c17-12-4-2-1-3-10(12)8-16-20-15(9-21-16)11-5-6-13(18)14(19)7-11/h1-7,9H,8,19H2. The largest absolute Gasteiger partial charge is 0.396 e. The van der Waals surface area contributed by atoms with E-state index in [1.807, 2.05) is 5.38 Å². The highest BCUT2D eigenvalue weighted by atomic mass is 32.1. The van der Waals surface area contributed by atoms with Crippen molar-refractivity contribution in [1.82, 2.24) is 4.98 Å². The number of aromatic nitrogens is 1. The zero-order valence-electron chi connectivity index (χ0n) is 11.0. The summed E-state index contributed by atoms with van der Waals surface area (Å²) in [4.78, 5) is 4.46. The van der Waals surface area contributed by atoms with Crippen LogP contribution in [0.15, 0.2) is 47.8 Å². The van der Waals surface area contributed by atoms with Crippen molar-refractivity contribution in [2.45, 2.75) is 6.42 Å². The van der Waals surface area contributed by atoms with E-state index in [2.05, 4.69) is 4.98 Å². The van der Waals surface area contributed by atoms with Crippen molar-refractivity contribution in [2.24, 2.45) is 0 Å². The van der Waals surface area contributed by atoms with E-state index in [4.69, 9.17) is 5.73 Å². The predicted molar refractivity (Wildman–Crippen MR) is 81.1 cm³/mol. The summed E-state index contributed by atoms with van der Waals surface area (Å²) in [6.45, 7) is 0. The predicted octanol–water partition coefficient (Wildman–Crippen LogP) is 4.26. The van der Waals surface area contributed by atoms with Gasteiger partial charge in [0.15, 0.2) is 0 Å². The molecule has 0 spiro atoms. The molecule has 3 aromatic rings. The van der Waals surface area contributed by atoms with E-state index in [9.17, 15) is 8.78 Å². The Labute approximate surface area is 124 Å². The normalized spacial score (nSPS) is 10.8. The fourth-order valence-corrected chi connectivity index (χ4v) is 2.86. The third kappa shape index (κ3) is 2.92. The summed E-state index contributed by atoms with van der Waals surface area (Å²) in [6, 6.07) is 11.1. The Balaban J connectivity index is 1.86. The molecule has 0 amide bonds. The van der Waals surface area contributed by atoms with Crippen LogP contribution in [0.2, 0.25) is 0 Å². The van der Waals surface area contributed by atoms with Crippen LogP contribution in [0.3, 0.4) is 0 Å². The monoisotopic (exact) mass is 302 g/mol. The Kier molecular flexibility index (Phi) is 3.66. The number of halogens is 2. The maximum atomic E-state index is 13.6. The van der Waals surface area contributed by atoms with Gasteiger partial charge in [0.1, 0.15) is 11.6 Å². The molecular formula is C16H12F2N2S. The summed E-state index contributed by atoms with van der Waals surface area (Å²) in [5, 5.41) is 2.67. The third-order valence-corrected chi connectivity index (χ3v) is 3.99. The number of benzene rings is 2. The Bertz CT molecular complexity index is 783. The molecule has 0 aliphatic carbocycles. The van der Waals surface area contributed by atoms with Crippen molar-refractivity contribution in [3.05, 3.63) is 70.1 Å². The highest BCUT2D eigenvalue weighted by Gasteiger charge is 2.09. The van der Waals surface area contributed by atoms with E-state index in [0.717, 1.165) is 16.3 Å². The second kappa shape index (κ2) is 5.61. The Morgan fingerprint density at radius 1 is 1.05 bits per heavy atom. The highest BCUT2D eigenvalue weighted by molar-refractivity contribution is 7.10. The lowest BCUT2D eigenvalue weighted by Crippen LogP contribution is -1.93. The van der Waals surface area contributed by atoms with Crippen LogP contribution >= 0.6 is 11.3 Å². The summed E-state index contributed by atoms with van der Waals surface area (Å²) in [6.07, 6.45) is 0.439. The summed E-state index contributed by atoms with van der Waals surface area (Å²) < 4.78 is 26.8. The quantitative estimate of drug-likeness (QED) is 0.734. The second-order valence-electron chi connectivity index (χ2n) is 4.63. The minimum atomic E-state index is -0.444. The summed E-state index contributed by atoms with van der Waals surface area (Å²) >= 11 is 1.45. The minimum Gasteiger partial charge on any atom is -0.396 e. The first kappa shape index (κ1) is 13.7. The molecule has 106 valence electrons. The first-order chi connectivity index (χ1) is 10.1. The molecule has 2 N–H and O–H groups in total. The van der Waals surface area contributed by atoms with Gasteiger partial charge >= 0.3 is 0 Å². The molecule has 0 unspecified atom stereocenters. The van der Waals surface area contributed by atoms with Gasteiger partial charge in [0, 0.05) is 17.4 Å². The van der Waals surface area contributed by atoms with Crippen LogP contribution < -0.4 is 5.73 Å². The molecule has 0 bridgehead atoms. The first-order valence-corrected chi connectivity index (χ1v) is 7.24. The molecule has 1 aromatic heterocycles. The molecule has 2 aromatic carbocycles. The van der Waals surface area contributed by atoms with Crippen molar-refractivity contribution in [3.8, 4) is 11.3 Å². The van der Waals surface area contributed by atoms with Gasteiger partial charge in [-0.2, -0.15) is 0 Å². The molecule has 2 nitrogen and oxygen atoms in total. The van der Waals surface area contributed by atoms with Gasteiger partial charge in [0.05, 0.1) is 16.4 Å². The Hall–Kier alpha value is -2.27. The molecule has 0 aliphatic heterocycles. The van der Waals surface area contributed by atoms with Gasteiger partial charge in [-0.3, -0.25) is 0 Å². The minimum absolute atomic E-state index is 0.0937. The third-order valence-electron chi connectivity index (χ3n) is 3.14. The molecule has 3 rings (SSSR count). The molecule has 0 fully saturated rings. The van der Waals surface area contributed by atoms with Crippen molar-refractivity contribution < 1.29 is 8.78 Å². The number of nitrogens with zero attached hydrogens (tertiary/aromatic N) is 1. The summed E-state index contributed by atoms with van der Waals surface area (Å²) in [5.74, 6) is -0.680.